The van der Waals surface area contributed by atoms with Gasteiger partial charge in [0.15, 0.2) is 0 Å². The fraction of sp³-hybridized carbons (Fsp3) is 0.417. The van der Waals surface area contributed by atoms with Crippen molar-refractivity contribution in [2.45, 2.75) is 39.2 Å². The molecule has 172 valence electrons. The molecule has 0 amide bonds. The first-order chi connectivity index (χ1) is 14.8. The molecular weight excluding hydrogens is 412 g/mol. The van der Waals surface area contributed by atoms with Gasteiger partial charge in [-0.05, 0) is 59.0 Å². The van der Waals surface area contributed by atoms with Crippen LogP contribution in [0.2, 0.25) is 0 Å². The number of carbonyl (C=O) groups is 3. The van der Waals surface area contributed by atoms with Crippen molar-refractivity contribution in [3.05, 3.63) is 52.7 Å². The average Bonchev–Trinajstić information content (AvgIpc) is 2.63. The molecular formula is C24H30N2O6. The van der Waals surface area contributed by atoms with Gasteiger partial charge < -0.3 is 19.8 Å². The maximum absolute atomic E-state index is 12.3. The van der Waals surface area contributed by atoms with Crippen molar-refractivity contribution in [2.24, 2.45) is 10.9 Å². The topological polar surface area (TPSA) is 117 Å². The summed E-state index contributed by atoms with van der Waals surface area (Å²) in [5.41, 5.74) is 0.945. The summed E-state index contributed by atoms with van der Waals surface area (Å²) in [6.07, 6.45) is 2.78. The Morgan fingerprint density at radius 1 is 1.16 bits per heavy atom. The molecule has 0 fully saturated rings. The zero-order valence-corrected chi connectivity index (χ0v) is 19.2. The number of ether oxygens (including phenoxy) is 1. The number of benzene rings is 1. The van der Waals surface area contributed by atoms with Gasteiger partial charge in [0.05, 0.1) is 11.3 Å². The van der Waals surface area contributed by atoms with Gasteiger partial charge in [-0.25, -0.2) is 9.59 Å². The summed E-state index contributed by atoms with van der Waals surface area (Å²) in [5, 5.41) is 20.0. The Morgan fingerprint density at radius 3 is 2.31 bits per heavy atom. The highest BCUT2D eigenvalue weighted by Gasteiger charge is 2.42. The Hall–Kier alpha value is -3.26. The molecule has 8 nitrogen and oxygen atoms in total. The van der Waals surface area contributed by atoms with Crippen LogP contribution in [0.3, 0.4) is 0 Å². The van der Waals surface area contributed by atoms with Crippen LogP contribution < -0.4 is 0 Å². The molecule has 8 heteroatoms. The van der Waals surface area contributed by atoms with Gasteiger partial charge >= 0.3 is 17.9 Å². The maximum atomic E-state index is 12.3. The van der Waals surface area contributed by atoms with E-state index >= 15 is 0 Å². The van der Waals surface area contributed by atoms with E-state index in [1.807, 2.05) is 0 Å². The molecule has 0 spiro atoms. The highest BCUT2D eigenvalue weighted by molar-refractivity contribution is 6.06. The lowest BCUT2D eigenvalue weighted by Gasteiger charge is -2.32. The van der Waals surface area contributed by atoms with Crippen molar-refractivity contribution < 1.29 is 29.3 Å². The van der Waals surface area contributed by atoms with Crippen LogP contribution in [0.5, 0.6) is 0 Å². The number of aliphatic carboxylic acids is 2. The highest BCUT2D eigenvalue weighted by Crippen LogP contribution is 2.41. The van der Waals surface area contributed by atoms with Gasteiger partial charge in [0.25, 0.3) is 0 Å². The van der Waals surface area contributed by atoms with Crippen LogP contribution in [0.1, 0.15) is 44.7 Å². The van der Waals surface area contributed by atoms with Crippen molar-refractivity contribution >= 4 is 29.7 Å². The Bertz CT molecular complexity index is 998. The summed E-state index contributed by atoms with van der Waals surface area (Å²) in [7, 11) is 3.57. The summed E-state index contributed by atoms with van der Waals surface area (Å²) in [6, 6.07) is 6.85. The normalized spacial score (nSPS) is 19.3. The number of aliphatic imine (C=N–C) groups is 1. The van der Waals surface area contributed by atoms with Crippen LogP contribution >= 0.6 is 0 Å². The molecule has 2 N–H and O–H groups in total. The van der Waals surface area contributed by atoms with Crippen molar-refractivity contribution in [1.29, 1.82) is 0 Å². The van der Waals surface area contributed by atoms with Crippen molar-refractivity contribution in [3.8, 4) is 0 Å². The lowest BCUT2D eigenvalue weighted by Crippen LogP contribution is -2.36. The van der Waals surface area contributed by atoms with Crippen LogP contribution in [0.4, 0.5) is 0 Å². The van der Waals surface area contributed by atoms with E-state index in [4.69, 9.17) is 4.74 Å². The molecule has 1 aromatic carbocycles. The lowest BCUT2D eigenvalue weighted by atomic mass is 9.74. The zero-order chi connectivity index (χ0) is 24.2. The third kappa shape index (κ3) is 6.13. The second-order valence-electron chi connectivity index (χ2n) is 8.95. The highest BCUT2D eigenvalue weighted by atomic mass is 16.6. The molecule has 0 saturated heterocycles. The SMILES string of the molecule is CC1=NC(CN(C)C)=C(C(=O)O)[C@@H](c2ccccc2C=CC(=O)OC(C)(C)C)C1C(=O)O. The molecule has 1 aliphatic rings. The minimum atomic E-state index is -1.22. The Morgan fingerprint density at radius 2 is 1.78 bits per heavy atom. The molecule has 32 heavy (non-hydrogen) atoms. The van der Waals surface area contributed by atoms with Crippen molar-refractivity contribution in [2.75, 3.05) is 20.6 Å². The molecule has 2 atom stereocenters. The minimum Gasteiger partial charge on any atom is -0.481 e. The number of hydrogen-bond donors (Lipinski definition) is 2. The number of carboxylic acids is 2. The first kappa shape index (κ1) is 25.0. The fourth-order valence-electron chi connectivity index (χ4n) is 3.70. The molecule has 0 bridgehead atoms. The van der Waals surface area contributed by atoms with E-state index in [9.17, 15) is 24.6 Å². The van der Waals surface area contributed by atoms with Crippen LogP contribution in [0.15, 0.2) is 46.6 Å². The van der Waals surface area contributed by atoms with E-state index in [-0.39, 0.29) is 12.1 Å². The number of carboxylic acid groups (broad SMARTS) is 2. The third-order valence-corrected chi connectivity index (χ3v) is 4.82. The lowest BCUT2D eigenvalue weighted by molar-refractivity contribution is -0.148. The number of carbonyl (C=O) groups excluding carboxylic acids is 1. The van der Waals surface area contributed by atoms with E-state index in [2.05, 4.69) is 4.99 Å². The molecule has 1 aromatic rings. The summed E-state index contributed by atoms with van der Waals surface area (Å²) >= 11 is 0. The molecule has 0 saturated carbocycles. The van der Waals surface area contributed by atoms with Gasteiger partial charge in [-0.3, -0.25) is 9.79 Å². The zero-order valence-electron chi connectivity index (χ0n) is 19.2. The van der Waals surface area contributed by atoms with Gasteiger partial charge in [0.1, 0.15) is 11.5 Å². The van der Waals surface area contributed by atoms with Crippen LogP contribution in [0.25, 0.3) is 6.08 Å². The van der Waals surface area contributed by atoms with Crippen molar-refractivity contribution in [1.82, 2.24) is 4.90 Å². The van der Waals surface area contributed by atoms with Gasteiger partial charge in [-0.2, -0.15) is 0 Å². The molecule has 1 heterocycles. The summed E-state index contributed by atoms with van der Waals surface area (Å²) in [4.78, 5) is 42.8. The summed E-state index contributed by atoms with van der Waals surface area (Å²) in [6.45, 7) is 7.11. The minimum absolute atomic E-state index is 0.0604. The van der Waals surface area contributed by atoms with E-state index < -0.39 is 35.3 Å². The van der Waals surface area contributed by atoms with Gasteiger partial charge in [0, 0.05) is 24.3 Å². The molecule has 2 rings (SSSR count). The second-order valence-corrected chi connectivity index (χ2v) is 8.95. The van der Waals surface area contributed by atoms with Gasteiger partial charge in [-0.1, -0.05) is 24.3 Å². The van der Waals surface area contributed by atoms with E-state index in [0.717, 1.165) is 0 Å². The molecule has 0 aromatic heterocycles. The molecule has 0 radical (unpaired) electrons. The maximum Gasteiger partial charge on any atom is 0.334 e. The molecule has 1 aliphatic heterocycles. The summed E-state index contributed by atoms with van der Waals surface area (Å²) < 4.78 is 5.29. The Labute approximate surface area is 187 Å². The van der Waals surface area contributed by atoms with Gasteiger partial charge in [-0.15, -0.1) is 0 Å². The second kappa shape index (κ2) is 9.91. The predicted octanol–water partition coefficient (Wildman–Crippen LogP) is 3.20. The number of nitrogens with zero attached hydrogens (tertiary/aromatic N) is 2. The number of rotatable bonds is 7. The van der Waals surface area contributed by atoms with Crippen LogP contribution in [-0.4, -0.2) is 65.0 Å². The van der Waals surface area contributed by atoms with Crippen LogP contribution in [0, 0.1) is 5.92 Å². The first-order valence-corrected chi connectivity index (χ1v) is 10.2. The monoisotopic (exact) mass is 442 g/mol. The standard InChI is InChI=1S/C24H30N2O6/c1-14-19(22(28)29)20(21(23(30)31)17(25-14)13-26(5)6)16-10-8-7-9-15(16)11-12-18(27)32-24(2,3)4/h7-12,19-20H,13H2,1-6H3,(H,28,29)(H,30,31)/t19?,20-/m0/s1. The third-order valence-electron chi connectivity index (χ3n) is 4.82. The number of hydrogen-bond acceptors (Lipinski definition) is 6. The smallest absolute Gasteiger partial charge is 0.334 e. The number of esters is 1. The van der Waals surface area contributed by atoms with E-state index in [0.29, 0.717) is 22.5 Å². The predicted molar refractivity (Wildman–Crippen MR) is 122 cm³/mol. The molecule has 0 aliphatic carbocycles. The quantitative estimate of drug-likeness (QED) is 0.492. The van der Waals surface area contributed by atoms with Crippen LogP contribution in [-0.2, 0) is 19.1 Å². The Kier molecular flexibility index (Phi) is 7.74. The van der Waals surface area contributed by atoms with E-state index in [1.165, 1.54) is 12.2 Å². The molecule has 1 unspecified atom stereocenters. The Balaban J connectivity index is 2.65. The van der Waals surface area contributed by atoms with Crippen molar-refractivity contribution in [3.63, 3.8) is 0 Å². The van der Waals surface area contributed by atoms with Gasteiger partial charge in [0.2, 0.25) is 0 Å². The first-order valence-electron chi connectivity index (χ1n) is 10.2. The largest absolute Gasteiger partial charge is 0.481 e. The van der Waals surface area contributed by atoms with E-state index in [1.54, 1.807) is 71.0 Å². The summed E-state index contributed by atoms with van der Waals surface area (Å²) in [5.74, 6) is -5.06. The average molecular weight is 443 g/mol. The number of likely N-dealkylation sites (N-methyl/N-ethyl adjacent to an activating group) is 1. The fourth-order valence-corrected chi connectivity index (χ4v) is 3.70.